The highest BCUT2D eigenvalue weighted by Crippen LogP contribution is 1.95. The number of carbonyl (C=O) groups excluding carboxylic acids is 2. The van der Waals surface area contributed by atoms with Crippen LogP contribution in [0.15, 0.2) is 0 Å². The van der Waals surface area contributed by atoms with Gasteiger partial charge in [-0.25, -0.2) is 0 Å². The first-order valence-electron chi connectivity index (χ1n) is 3.25. The zero-order valence-electron chi connectivity index (χ0n) is 6.12. The van der Waals surface area contributed by atoms with Gasteiger partial charge >= 0.3 is 0 Å². The van der Waals surface area contributed by atoms with Gasteiger partial charge in [-0.3, -0.25) is 9.59 Å². The average molecular weight is 176 g/mol. The maximum atomic E-state index is 10.9. The highest BCUT2D eigenvalue weighted by molar-refractivity contribution is 7.80. The number of amides is 1. The van der Waals surface area contributed by atoms with Crippen LogP contribution in [0.5, 0.6) is 0 Å². The molecule has 0 aliphatic heterocycles. The quantitative estimate of drug-likeness (QED) is 0.473. The summed E-state index contributed by atoms with van der Waals surface area (Å²) < 4.78 is 0. The van der Waals surface area contributed by atoms with E-state index in [2.05, 4.69) is 12.6 Å². The van der Waals surface area contributed by atoms with Crippen molar-refractivity contribution in [3.05, 3.63) is 0 Å². The van der Waals surface area contributed by atoms with Crippen molar-refractivity contribution in [1.29, 1.82) is 0 Å². The number of carbonyl (C=O) groups is 2. The van der Waals surface area contributed by atoms with Crippen molar-refractivity contribution >= 4 is 24.3 Å². The molecule has 1 amide bonds. The minimum Gasteiger partial charge on any atom is -0.370 e. The standard InChI is InChI=1S/C6H12N2O2S/c7-4(3-11)5(9)1-2-6(8)10/h4,11H,1-3,7H2,(H2,8,10)/t4-/m1/s1. The predicted octanol–water partition coefficient (Wildman–Crippen LogP) is -0.922. The van der Waals surface area contributed by atoms with Gasteiger partial charge in [0.2, 0.25) is 5.91 Å². The van der Waals surface area contributed by atoms with E-state index in [1.807, 2.05) is 0 Å². The first kappa shape index (κ1) is 10.4. The summed E-state index contributed by atoms with van der Waals surface area (Å²) in [4.78, 5) is 21.1. The van der Waals surface area contributed by atoms with E-state index in [1.165, 1.54) is 0 Å². The molecule has 0 aliphatic rings. The molecule has 0 aromatic heterocycles. The van der Waals surface area contributed by atoms with Crippen LogP contribution in [0.25, 0.3) is 0 Å². The minimum absolute atomic E-state index is 0.0698. The third-order valence-electron chi connectivity index (χ3n) is 1.23. The Balaban J connectivity index is 3.60. The fourth-order valence-corrected chi connectivity index (χ4v) is 0.737. The lowest BCUT2D eigenvalue weighted by Crippen LogP contribution is -2.32. The van der Waals surface area contributed by atoms with Crippen molar-refractivity contribution in [3.63, 3.8) is 0 Å². The smallest absolute Gasteiger partial charge is 0.217 e. The average Bonchev–Trinajstić information content (AvgIpc) is 1.98. The van der Waals surface area contributed by atoms with Gasteiger partial charge in [-0.05, 0) is 0 Å². The Morgan fingerprint density at radius 1 is 1.36 bits per heavy atom. The Bertz CT molecular complexity index is 161. The second-order valence-corrected chi connectivity index (χ2v) is 2.59. The Morgan fingerprint density at radius 2 is 1.91 bits per heavy atom. The molecule has 0 rings (SSSR count). The molecule has 0 aromatic carbocycles. The number of rotatable bonds is 5. The fraction of sp³-hybridized carbons (Fsp3) is 0.667. The summed E-state index contributed by atoms with van der Waals surface area (Å²) in [5.41, 5.74) is 10.2. The van der Waals surface area contributed by atoms with Gasteiger partial charge in [0.1, 0.15) is 0 Å². The summed E-state index contributed by atoms with van der Waals surface area (Å²) in [6.07, 6.45) is 0.192. The second kappa shape index (κ2) is 5.15. The molecule has 64 valence electrons. The van der Waals surface area contributed by atoms with Crippen LogP contribution < -0.4 is 11.5 Å². The summed E-state index contributed by atoms with van der Waals surface area (Å²) in [6.45, 7) is 0. The molecule has 0 saturated heterocycles. The van der Waals surface area contributed by atoms with Crippen LogP contribution in [0, 0.1) is 0 Å². The third-order valence-corrected chi connectivity index (χ3v) is 1.62. The first-order chi connectivity index (χ1) is 5.07. The molecule has 0 fully saturated rings. The molecule has 0 saturated carbocycles. The molecule has 0 aromatic rings. The molecule has 0 radical (unpaired) electrons. The summed E-state index contributed by atoms with van der Waals surface area (Å²) in [5, 5.41) is 0. The highest BCUT2D eigenvalue weighted by Gasteiger charge is 2.11. The normalized spacial score (nSPS) is 12.5. The van der Waals surface area contributed by atoms with Crippen LogP contribution in [-0.2, 0) is 9.59 Å². The number of thiol groups is 1. The number of hydrogen-bond donors (Lipinski definition) is 3. The molecule has 0 aliphatic carbocycles. The van der Waals surface area contributed by atoms with Crippen molar-refractivity contribution in [2.75, 3.05) is 5.75 Å². The number of primary amides is 1. The maximum absolute atomic E-state index is 10.9. The van der Waals surface area contributed by atoms with Crippen molar-refractivity contribution in [3.8, 4) is 0 Å². The molecular formula is C6H12N2O2S. The van der Waals surface area contributed by atoms with Gasteiger partial charge in [0, 0.05) is 18.6 Å². The van der Waals surface area contributed by atoms with Crippen molar-refractivity contribution in [2.24, 2.45) is 11.5 Å². The lowest BCUT2D eigenvalue weighted by Gasteiger charge is -2.04. The van der Waals surface area contributed by atoms with Crippen LogP contribution in [0.1, 0.15) is 12.8 Å². The van der Waals surface area contributed by atoms with E-state index in [9.17, 15) is 9.59 Å². The minimum atomic E-state index is -0.572. The summed E-state index contributed by atoms with van der Waals surface area (Å²) in [6, 6.07) is -0.572. The van der Waals surface area contributed by atoms with Crippen LogP contribution in [-0.4, -0.2) is 23.5 Å². The van der Waals surface area contributed by atoms with Gasteiger partial charge in [0.15, 0.2) is 5.78 Å². The molecule has 4 nitrogen and oxygen atoms in total. The van der Waals surface area contributed by atoms with Gasteiger partial charge in [-0.2, -0.15) is 12.6 Å². The molecule has 4 N–H and O–H groups in total. The second-order valence-electron chi connectivity index (χ2n) is 2.22. The van der Waals surface area contributed by atoms with Gasteiger partial charge in [-0.1, -0.05) is 0 Å². The molecule has 1 atom stereocenters. The maximum Gasteiger partial charge on any atom is 0.217 e. The fourth-order valence-electron chi connectivity index (χ4n) is 0.534. The molecular weight excluding hydrogens is 164 g/mol. The van der Waals surface area contributed by atoms with Crippen molar-refractivity contribution in [1.82, 2.24) is 0 Å². The molecule has 5 heteroatoms. The van der Waals surface area contributed by atoms with Gasteiger partial charge in [0.05, 0.1) is 6.04 Å². The lowest BCUT2D eigenvalue weighted by atomic mass is 10.1. The number of hydrogen-bond acceptors (Lipinski definition) is 4. The Kier molecular flexibility index (Phi) is 4.89. The zero-order chi connectivity index (χ0) is 8.85. The van der Waals surface area contributed by atoms with Crippen LogP contribution in [0.2, 0.25) is 0 Å². The summed E-state index contributed by atoms with van der Waals surface area (Å²) in [5.74, 6) is -0.346. The van der Waals surface area contributed by atoms with E-state index >= 15 is 0 Å². The topological polar surface area (TPSA) is 86.2 Å². The van der Waals surface area contributed by atoms with Crippen molar-refractivity contribution in [2.45, 2.75) is 18.9 Å². The molecule has 11 heavy (non-hydrogen) atoms. The lowest BCUT2D eigenvalue weighted by molar-refractivity contribution is -0.124. The van der Waals surface area contributed by atoms with E-state index < -0.39 is 11.9 Å². The van der Waals surface area contributed by atoms with Gasteiger partial charge in [0.25, 0.3) is 0 Å². The van der Waals surface area contributed by atoms with Gasteiger partial charge < -0.3 is 11.5 Å². The molecule has 0 bridgehead atoms. The number of ketones is 1. The zero-order valence-corrected chi connectivity index (χ0v) is 7.01. The molecule has 0 spiro atoms. The van der Waals surface area contributed by atoms with Crippen LogP contribution in [0.3, 0.4) is 0 Å². The van der Waals surface area contributed by atoms with Crippen LogP contribution in [0.4, 0.5) is 0 Å². The summed E-state index contributed by atoms with van der Waals surface area (Å²) >= 11 is 3.84. The van der Waals surface area contributed by atoms with Gasteiger partial charge in [-0.15, -0.1) is 0 Å². The van der Waals surface area contributed by atoms with E-state index in [4.69, 9.17) is 11.5 Å². The predicted molar refractivity (Wildman–Crippen MR) is 45.3 cm³/mol. The Labute approximate surface area is 70.7 Å². The molecule has 0 unspecified atom stereocenters. The SMILES string of the molecule is NC(=O)CCC(=O)[C@H](N)CS. The Morgan fingerprint density at radius 3 is 2.27 bits per heavy atom. The van der Waals surface area contributed by atoms with Crippen molar-refractivity contribution < 1.29 is 9.59 Å². The van der Waals surface area contributed by atoms with E-state index in [0.717, 1.165) is 0 Å². The monoisotopic (exact) mass is 176 g/mol. The summed E-state index contributed by atoms with van der Waals surface area (Å²) in [7, 11) is 0. The molecule has 0 heterocycles. The first-order valence-corrected chi connectivity index (χ1v) is 3.88. The number of Topliss-reactive ketones (excluding diaryl/α,β-unsaturated/α-hetero) is 1. The Hall–Kier alpha value is -0.550. The van der Waals surface area contributed by atoms with E-state index in [-0.39, 0.29) is 18.6 Å². The number of nitrogens with two attached hydrogens (primary N) is 2. The van der Waals surface area contributed by atoms with E-state index in [1.54, 1.807) is 0 Å². The highest BCUT2D eigenvalue weighted by atomic mass is 32.1. The van der Waals surface area contributed by atoms with Crippen LogP contribution >= 0.6 is 12.6 Å². The van der Waals surface area contributed by atoms with E-state index in [0.29, 0.717) is 5.75 Å². The largest absolute Gasteiger partial charge is 0.370 e. The third kappa shape index (κ3) is 4.80.